The normalized spacial score (nSPS) is 12.7. The topological polar surface area (TPSA) is 42.0 Å². The van der Waals surface area contributed by atoms with Crippen molar-refractivity contribution in [3.05, 3.63) is 65.0 Å². The lowest BCUT2D eigenvalue weighted by atomic mass is 9.99. The van der Waals surface area contributed by atoms with Crippen LogP contribution < -0.4 is 5.32 Å². The molecule has 1 amide bonds. The van der Waals surface area contributed by atoms with E-state index in [1.807, 2.05) is 13.8 Å². The Morgan fingerprint density at radius 2 is 2.00 bits per heavy atom. The van der Waals surface area contributed by atoms with E-state index in [0.717, 1.165) is 24.2 Å². The van der Waals surface area contributed by atoms with Crippen molar-refractivity contribution >= 4 is 5.91 Å². The van der Waals surface area contributed by atoms with Crippen molar-refractivity contribution in [2.45, 2.75) is 38.9 Å². The number of halogens is 3. The zero-order chi connectivity index (χ0) is 17.7. The van der Waals surface area contributed by atoms with Crippen LogP contribution >= 0.6 is 0 Å². The minimum absolute atomic E-state index is 0.349. The van der Waals surface area contributed by atoms with Crippen LogP contribution in [0.25, 0.3) is 0 Å². The minimum atomic E-state index is -4.41. The van der Waals surface area contributed by atoms with E-state index < -0.39 is 17.8 Å². The zero-order valence-electron chi connectivity index (χ0n) is 13.5. The summed E-state index contributed by atoms with van der Waals surface area (Å²) in [6.45, 7) is 3.73. The van der Waals surface area contributed by atoms with Crippen LogP contribution in [0.4, 0.5) is 13.2 Å². The van der Waals surface area contributed by atoms with Gasteiger partial charge < -0.3 is 5.32 Å². The number of aromatic nitrogens is 1. The minimum Gasteiger partial charge on any atom is -0.345 e. The molecule has 2 rings (SSSR count). The van der Waals surface area contributed by atoms with Crippen molar-refractivity contribution in [3.63, 3.8) is 0 Å². The highest BCUT2D eigenvalue weighted by molar-refractivity contribution is 5.94. The Morgan fingerprint density at radius 1 is 1.25 bits per heavy atom. The number of carbonyl (C=O) groups excluding carboxylic acids is 1. The Hall–Kier alpha value is -2.37. The van der Waals surface area contributed by atoms with Crippen molar-refractivity contribution < 1.29 is 18.0 Å². The maximum absolute atomic E-state index is 12.9. The molecule has 1 unspecified atom stereocenters. The number of nitrogens with zero attached hydrogens (tertiary/aromatic N) is 1. The number of rotatable bonds is 5. The Balaban J connectivity index is 2.23. The molecular weight excluding hydrogens is 317 g/mol. The van der Waals surface area contributed by atoms with E-state index >= 15 is 0 Å². The van der Waals surface area contributed by atoms with Crippen LogP contribution in [0.1, 0.15) is 53.0 Å². The molecule has 2 aromatic rings. The molecule has 0 bridgehead atoms. The second kappa shape index (κ2) is 7.47. The zero-order valence-corrected chi connectivity index (χ0v) is 13.5. The molecule has 0 saturated heterocycles. The summed E-state index contributed by atoms with van der Waals surface area (Å²) in [5, 5.41) is 2.80. The van der Waals surface area contributed by atoms with Gasteiger partial charge in [0, 0.05) is 11.9 Å². The first-order valence-corrected chi connectivity index (χ1v) is 7.72. The van der Waals surface area contributed by atoms with Gasteiger partial charge in [0.1, 0.15) is 0 Å². The van der Waals surface area contributed by atoms with Crippen LogP contribution in [0.15, 0.2) is 42.6 Å². The predicted octanol–water partition coefficient (Wildman–Crippen LogP) is 4.68. The molecule has 0 aliphatic carbocycles. The molecule has 1 N–H and O–H groups in total. The third-order valence-corrected chi connectivity index (χ3v) is 3.67. The van der Waals surface area contributed by atoms with Crippen LogP contribution in [0.3, 0.4) is 0 Å². The van der Waals surface area contributed by atoms with Crippen LogP contribution in [-0.4, -0.2) is 10.9 Å². The number of pyridine rings is 1. The van der Waals surface area contributed by atoms with Gasteiger partial charge >= 0.3 is 6.18 Å². The average Bonchev–Trinajstić information content (AvgIpc) is 2.54. The van der Waals surface area contributed by atoms with Crippen LogP contribution in [0, 0.1) is 6.92 Å². The van der Waals surface area contributed by atoms with Crippen molar-refractivity contribution in [1.82, 2.24) is 10.3 Å². The van der Waals surface area contributed by atoms with E-state index in [0.29, 0.717) is 17.5 Å². The third-order valence-electron chi connectivity index (χ3n) is 3.67. The molecule has 128 valence electrons. The first-order valence-electron chi connectivity index (χ1n) is 7.72. The number of alkyl halides is 3. The fourth-order valence-electron chi connectivity index (χ4n) is 2.39. The van der Waals surface area contributed by atoms with Gasteiger partial charge in [-0.2, -0.15) is 13.2 Å². The highest BCUT2D eigenvalue weighted by Crippen LogP contribution is 2.31. The number of amides is 1. The molecule has 0 aliphatic rings. The van der Waals surface area contributed by atoms with E-state index in [1.165, 1.54) is 12.3 Å². The molecule has 3 nitrogen and oxygen atoms in total. The summed E-state index contributed by atoms with van der Waals surface area (Å²) < 4.78 is 38.7. The standard InChI is InChI=1S/C18H19F3N2O/c1-3-5-16(13-6-4-7-15(10-13)18(19,20)21)23-17(24)14-9-8-12(2)22-11-14/h4,6-11,16H,3,5H2,1-2H3,(H,23,24). The van der Waals surface area contributed by atoms with Gasteiger partial charge in [0.05, 0.1) is 17.2 Å². The molecule has 1 aromatic carbocycles. The smallest absolute Gasteiger partial charge is 0.345 e. The highest BCUT2D eigenvalue weighted by Gasteiger charge is 2.31. The third kappa shape index (κ3) is 4.57. The van der Waals surface area contributed by atoms with E-state index in [1.54, 1.807) is 18.2 Å². The number of carbonyl (C=O) groups is 1. The molecule has 0 saturated carbocycles. The lowest BCUT2D eigenvalue weighted by Gasteiger charge is -2.20. The summed E-state index contributed by atoms with van der Waals surface area (Å²) in [5.74, 6) is -0.349. The lowest BCUT2D eigenvalue weighted by molar-refractivity contribution is -0.137. The maximum atomic E-state index is 12.9. The molecule has 1 aromatic heterocycles. The Morgan fingerprint density at radius 3 is 2.58 bits per heavy atom. The summed E-state index contributed by atoms with van der Waals surface area (Å²) in [5.41, 5.74) is 0.899. The molecule has 0 spiro atoms. The van der Waals surface area contributed by atoms with Crippen molar-refractivity contribution in [2.75, 3.05) is 0 Å². The predicted molar refractivity (Wildman–Crippen MR) is 85.5 cm³/mol. The SMILES string of the molecule is CCCC(NC(=O)c1ccc(C)nc1)c1cccc(C(F)(F)F)c1. The first-order chi connectivity index (χ1) is 11.3. The summed E-state index contributed by atoms with van der Waals surface area (Å²) in [7, 11) is 0. The van der Waals surface area contributed by atoms with E-state index in [-0.39, 0.29) is 5.91 Å². The highest BCUT2D eigenvalue weighted by atomic mass is 19.4. The number of nitrogens with one attached hydrogen (secondary N) is 1. The van der Waals surface area contributed by atoms with Gasteiger partial charge in [-0.25, -0.2) is 0 Å². The largest absolute Gasteiger partial charge is 0.416 e. The maximum Gasteiger partial charge on any atom is 0.416 e. The quantitative estimate of drug-likeness (QED) is 0.861. The molecular formula is C18H19F3N2O. The number of benzene rings is 1. The number of hydrogen-bond acceptors (Lipinski definition) is 2. The van der Waals surface area contributed by atoms with E-state index in [9.17, 15) is 18.0 Å². The molecule has 24 heavy (non-hydrogen) atoms. The summed E-state index contributed by atoms with van der Waals surface area (Å²) in [6.07, 6.45) is -1.67. The van der Waals surface area contributed by atoms with Gasteiger partial charge in [-0.15, -0.1) is 0 Å². The first kappa shape index (κ1) is 18.0. The Bertz CT molecular complexity index is 696. The summed E-state index contributed by atoms with van der Waals surface area (Å²) in [6, 6.07) is 7.96. The van der Waals surface area contributed by atoms with Crippen LogP contribution in [0.5, 0.6) is 0 Å². The fraction of sp³-hybridized carbons (Fsp3) is 0.333. The lowest BCUT2D eigenvalue weighted by Crippen LogP contribution is -2.28. The van der Waals surface area contributed by atoms with Gasteiger partial charge in [-0.1, -0.05) is 25.5 Å². The molecule has 0 radical (unpaired) electrons. The summed E-state index contributed by atoms with van der Waals surface area (Å²) in [4.78, 5) is 16.4. The number of hydrogen-bond donors (Lipinski definition) is 1. The summed E-state index contributed by atoms with van der Waals surface area (Å²) >= 11 is 0. The van der Waals surface area contributed by atoms with Crippen molar-refractivity contribution in [2.24, 2.45) is 0 Å². The molecule has 0 fully saturated rings. The molecule has 1 atom stereocenters. The monoisotopic (exact) mass is 336 g/mol. The molecule has 6 heteroatoms. The average molecular weight is 336 g/mol. The van der Waals surface area contributed by atoms with Gasteiger partial charge in [0.15, 0.2) is 0 Å². The van der Waals surface area contributed by atoms with Crippen LogP contribution in [0.2, 0.25) is 0 Å². The fourth-order valence-corrected chi connectivity index (χ4v) is 2.39. The Labute approximate surface area is 138 Å². The second-order valence-electron chi connectivity index (χ2n) is 5.63. The van der Waals surface area contributed by atoms with Crippen LogP contribution in [-0.2, 0) is 6.18 Å². The van der Waals surface area contributed by atoms with Crippen molar-refractivity contribution in [3.8, 4) is 0 Å². The van der Waals surface area contributed by atoms with Crippen molar-refractivity contribution in [1.29, 1.82) is 0 Å². The number of aryl methyl sites for hydroxylation is 1. The van der Waals surface area contributed by atoms with Gasteiger partial charge in [0.2, 0.25) is 0 Å². The van der Waals surface area contributed by atoms with E-state index in [4.69, 9.17) is 0 Å². The molecule has 1 heterocycles. The van der Waals surface area contributed by atoms with Gasteiger partial charge in [-0.3, -0.25) is 9.78 Å². The Kier molecular flexibility index (Phi) is 5.59. The second-order valence-corrected chi connectivity index (χ2v) is 5.63. The molecule has 0 aliphatic heterocycles. The van der Waals surface area contributed by atoms with Gasteiger partial charge in [0.25, 0.3) is 5.91 Å². The van der Waals surface area contributed by atoms with Gasteiger partial charge in [-0.05, 0) is 43.2 Å². The van der Waals surface area contributed by atoms with E-state index in [2.05, 4.69) is 10.3 Å².